The second kappa shape index (κ2) is 3.06. The fourth-order valence-electron chi connectivity index (χ4n) is 0.885. The molecule has 13 heavy (non-hydrogen) atoms. The Bertz CT molecular complexity index is 453. The molecule has 0 atom stereocenters. The molecule has 0 amide bonds. The molecular weight excluding hydrogens is 168 g/mol. The molecule has 0 aromatic carbocycles. The zero-order valence-electron chi connectivity index (χ0n) is 6.68. The summed E-state index contributed by atoms with van der Waals surface area (Å²) in [6.07, 6.45) is 5.08. The molecule has 0 unspecified atom stereocenters. The smallest absolute Gasteiger partial charge is 0.200 e. The van der Waals surface area contributed by atoms with Crippen LogP contribution < -0.4 is 5.32 Å². The molecule has 0 aliphatic carbocycles. The van der Waals surface area contributed by atoms with Crippen molar-refractivity contribution in [3.8, 4) is 12.3 Å². The van der Waals surface area contributed by atoms with Gasteiger partial charge in [-0.3, -0.25) is 0 Å². The van der Waals surface area contributed by atoms with Crippen molar-refractivity contribution in [3.63, 3.8) is 0 Å². The number of rotatable bonds is 2. The van der Waals surface area contributed by atoms with Gasteiger partial charge in [-0.25, -0.2) is 0 Å². The van der Waals surface area contributed by atoms with E-state index in [1.165, 1.54) is 4.63 Å². The van der Waals surface area contributed by atoms with Crippen LogP contribution in [0, 0.1) is 12.3 Å². The van der Waals surface area contributed by atoms with Crippen LogP contribution in [0.25, 0.3) is 5.65 Å². The molecule has 0 bridgehead atoms. The fraction of sp³-hybridized carbons (Fsp3) is 0.143. The van der Waals surface area contributed by atoms with Gasteiger partial charge in [-0.1, -0.05) is 5.92 Å². The van der Waals surface area contributed by atoms with Gasteiger partial charge >= 0.3 is 0 Å². The molecule has 0 aliphatic heterocycles. The Balaban J connectivity index is 2.33. The SMILES string of the molecule is C#CCNc1ccc2nnnn2n1. The number of terminal acetylenes is 1. The number of anilines is 1. The maximum atomic E-state index is 5.08. The van der Waals surface area contributed by atoms with Gasteiger partial charge in [-0.2, -0.15) is 0 Å². The van der Waals surface area contributed by atoms with Crippen molar-refractivity contribution in [2.75, 3.05) is 11.9 Å². The maximum absolute atomic E-state index is 5.08. The number of nitrogens with one attached hydrogen (secondary N) is 1. The van der Waals surface area contributed by atoms with E-state index in [0.29, 0.717) is 18.0 Å². The first-order valence-corrected chi connectivity index (χ1v) is 3.63. The summed E-state index contributed by atoms with van der Waals surface area (Å²) < 4.78 is 1.33. The van der Waals surface area contributed by atoms with Gasteiger partial charge in [0.2, 0.25) is 0 Å². The lowest BCUT2D eigenvalue weighted by Gasteiger charge is -1.98. The summed E-state index contributed by atoms with van der Waals surface area (Å²) in [7, 11) is 0. The van der Waals surface area contributed by atoms with E-state index in [4.69, 9.17) is 6.42 Å². The maximum Gasteiger partial charge on any atom is 0.200 e. The largest absolute Gasteiger partial charge is 0.358 e. The van der Waals surface area contributed by atoms with Gasteiger partial charge in [0.15, 0.2) is 5.65 Å². The van der Waals surface area contributed by atoms with E-state index in [1.807, 2.05) is 0 Å². The molecule has 6 heteroatoms. The van der Waals surface area contributed by atoms with Crippen molar-refractivity contribution in [1.29, 1.82) is 0 Å². The molecule has 64 valence electrons. The van der Waals surface area contributed by atoms with Crippen molar-refractivity contribution in [1.82, 2.24) is 25.3 Å². The summed E-state index contributed by atoms with van der Waals surface area (Å²) in [4.78, 5) is 0. The summed E-state index contributed by atoms with van der Waals surface area (Å²) >= 11 is 0. The summed E-state index contributed by atoms with van der Waals surface area (Å²) in [6, 6.07) is 3.52. The van der Waals surface area contributed by atoms with E-state index < -0.39 is 0 Å². The van der Waals surface area contributed by atoms with Gasteiger partial charge in [0.1, 0.15) is 5.82 Å². The van der Waals surface area contributed by atoms with E-state index in [0.717, 1.165) is 0 Å². The Morgan fingerprint density at radius 2 is 2.46 bits per heavy atom. The van der Waals surface area contributed by atoms with Crippen molar-refractivity contribution in [2.45, 2.75) is 0 Å². The predicted octanol–water partition coefficient (Wildman–Crippen LogP) is -0.436. The van der Waals surface area contributed by atoms with Crippen LogP contribution in [-0.4, -0.2) is 31.8 Å². The topological polar surface area (TPSA) is 68.0 Å². The van der Waals surface area contributed by atoms with Crippen LogP contribution in [0.3, 0.4) is 0 Å². The third kappa shape index (κ3) is 1.39. The van der Waals surface area contributed by atoms with Crippen LogP contribution >= 0.6 is 0 Å². The number of hydrogen-bond acceptors (Lipinski definition) is 5. The van der Waals surface area contributed by atoms with E-state index in [9.17, 15) is 0 Å². The number of nitrogens with zero attached hydrogens (tertiary/aromatic N) is 5. The molecule has 0 spiro atoms. The molecule has 2 heterocycles. The Labute approximate surface area is 73.9 Å². The third-order valence-electron chi connectivity index (χ3n) is 1.44. The highest BCUT2D eigenvalue weighted by Crippen LogP contribution is 2.01. The standard InChI is InChI=1S/C7H6N6/c1-2-5-8-6-3-4-7-9-11-12-13(7)10-6/h1,3-4H,5H2,(H,8,10). The quantitative estimate of drug-likeness (QED) is 0.625. The molecule has 0 radical (unpaired) electrons. The van der Waals surface area contributed by atoms with Gasteiger partial charge in [0.25, 0.3) is 0 Å². The average molecular weight is 174 g/mol. The number of tetrazole rings is 1. The van der Waals surface area contributed by atoms with Gasteiger partial charge < -0.3 is 5.32 Å². The summed E-state index contributed by atoms with van der Waals surface area (Å²) in [5.41, 5.74) is 0.603. The lowest BCUT2D eigenvalue weighted by atomic mass is 10.5. The molecule has 6 nitrogen and oxygen atoms in total. The predicted molar refractivity (Wildman–Crippen MR) is 45.9 cm³/mol. The van der Waals surface area contributed by atoms with Gasteiger partial charge in [0.05, 0.1) is 6.54 Å². The summed E-state index contributed by atoms with van der Waals surface area (Å²) in [5.74, 6) is 3.10. The third-order valence-corrected chi connectivity index (χ3v) is 1.44. The summed E-state index contributed by atoms with van der Waals surface area (Å²) in [5, 5.41) is 17.8. The first kappa shape index (κ1) is 7.49. The zero-order valence-corrected chi connectivity index (χ0v) is 6.68. The van der Waals surface area contributed by atoms with Gasteiger partial charge in [-0.15, -0.1) is 21.3 Å². The summed E-state index contributed by atoms with van der Waals surface area (Å²) in [6.45, 7) is 0.431. The van der Waals surface area contributed by atoms with Gasteiger partial charge in [0, 0.05) is 0 Å². The highest BCUT2D eigenvalue weighted by Gasteiger charge is 1.98. The normalized spacial score (nSPS) is 9.77. The molecule has 0 aliphatic rings. The highest BCUT2D eigenvalue weighted by atomic mass is 15.6. The van der Waals surface area contributed by atoms with Crippen molar-refractivity contribution in [2.24, 2.45) is 0 Å². The molecule has 2 aromatic heterocycles. The van der Waals surface area contributed by atoms with E-state index in [-0.39, 0.29) is 0 Å². The molecule has 2 aromatic rings. The monoisotopic (exact) mass is 174 g/mol. The second-order valence-corrected chi connectivity index (χ2v) is 2.30. The average Bonchev–Trinajstić information content (AvgIpc) is 2.61. The van der Waals surface area contributed by atoms with Crippen LogP contribution in [-0.2, 0) is 0 Å². The first-order chi connectivity index (χ1) is 6.40. The van der Waals surface area contributed by atoms with Crippen LogP contribution in [0.4, 0.5) is 5.82 Å². The second-order valence-electron chi connectivity index (χ2n) is 2.30. The number of fused-ring (bicyclic) bond motifs is 1. The molecule has 0 saturated carbocycles. The Morgan fingerprint density at radius 1 is 1.54 bits per heavy atom. The Kier molecular flexibility index (Phi) is 1.77. The lowest BCUT2D eigenvalue weighted by molar-refractivity contribution is 0.735. The molecule has 2 rings (SSSR count). The van der Waals surface area contributed by atoms with Crippen LogP contribution in [0.1, 0.15) is 0 Å². The number of hydrogen-bond donors (Lipinski definition) is 1. The Morgan fingerprint density at radius 3 is 3.31 bits per heavy atom. The minimum absolute atomic E-state index is 0.431. The van der Waals surface area contributed by atoms with Crippen molar-refractivity contribution < 1.29 is 0 Å². The van der Waals surface area contributed by atoms with Crippen molar-refractivity contribution >= 4 is 11.5 Å². The van der Waals surface area contributed by atoms with E-state index >= 15 is 0 Å². The fourth-order valence-corrected chi connectivity index (χ4v) is 0.885. The molecular formula is C7H6N6. The lowest BCUT2D eigenvalue weighted by Crippen LogP contribution is -2.04. The van der Waals surface area contributed by atoms with E-state index in [2.05, 4.69) is 31.9 Å². The molecule has 0 fully saturated rings. The number of aromatic nitrogens is 5. The minimum atomic E-state index is 0.431. The van der Waals surface area contributed by atoms with Crippen LogP contribution in [0.5, 0.6) is 0 Å². The minimum Gasteiger partial charge on any atom is -0.358 e. The first-order valence-electron chi connectivity index (χ1n) is 3.63. The zero-order chi connectivity index (χ0) is 9.10. The highest BCUT2D eigenvalue weighted by molar-refractivity contribution is 5.42. The van der Waals surface area contributed by atoms with Gasteiger partial charge in [-0.05, 0) is 22.6 Å². The Hall–Kier alpha value is -2.16. The van der Waals surface area contributed by atoms with Crippen LogP contribution in [0.2, 0.25) is 0 Å². The molecule has 1 N–H and O–H groups in total. The van der Waals surface area contributed by atoms with Crippen molar-refractivity contribution in [3.05, 3.63) is 12.1 Å². The van der Waals surface area contributed by atoms with Crippen LogP contribution in [0.15, 0.2) is 12.1 Å². The molecule has 0 saturated heterocycles. The van der Waals surface area contributed by atoms with E-state index in [1.54, 1.807) is 12.1 Å².